The summed E-state index contributed by atoms with van der Waals surface area (Å²) in [4.78, 5) is 29.5. The Morgan fingerprint density at radius 1 is 1.03 bits per heavy atom. The summed E-state index contributed by atoms with van der Waals surface area (Å²) in [5.41, 5.74) is 7.40. The van der Waals surface area contributed by atoms with Crippen molar-refractivity contribution in [2.75, 3.05) is 27.3 Å². The maximum absolute atomic E-state index is 14.5. The number of pyridine rings is 1. The van der Waals surface area contributed by atoms with Crippen molar-refractivity contribution in [1.82, 2.24) is 19.7 Å². The van der Waals surface area contributed by atoms with Crippen LogP contribution in [0.1, 0.15) is 18.9 Å². The highest BCUT2D eigenvalue weighted by molar-refractivity contribution is 6.34. The van der Waals surface area contributed by atoms with Crippen molar-refractivity contribution in [3.63, 3.8) is 0 Å². The molecule has 11 heteroatoms. The van der Waals surface area contributed by atoms with E-state index >= 15 is 0 Å². The molecule has 4 aromatic rings. The molecule has 2 aromatic heterocycles. The van der Waals surface area contributed by atoms with Crippen molar-refractivity contribution < 1.29 is 28.2 Å². The van der Waals surface area contributed by atoms with Crippen LogP contribution in [0.25, 0.3) is 22.2 Å². The van der Waals surface area contributed by atoms with Crippen LogP contribution < -0.4 is 19.9 Å². The maximum atomic E-state index is 14.5. The van der Waals surface area contributed by atoms with Gasteiger partial charge in [-0.05, 0) is 49.2 Å². The fraction of sp³-hybridized carbons (Fsp3) is 0.259. The van der Waals surface area contributed by atoms with Crippen LogP contribution in [-0.4, -0.2) is 58.8 Å². The number of halogens is 1. The first kappa shape index (κ1) is 25.0. The van der Waals surface area contributed by atoms with E-state index in [2.05, 4.69) is 4.98 Å². The van der Waals surface area contributed by atoms with Crippen LogP contribution in [-0.2, 0) is 9.59 Å². The molecule has 1 aliphatic rings. The predicted octanol–water partition coefficient (Wildman–Crippen LogP) is 3.70. The summed E-state index contributed by atoms with van der Waals surface area (Å²) in [6, 6.07) is 11.6. The smallest absolute Gasteiger partial charge is 0.311 e. The number of hydrogen-bond acceptors (Lipinski definition) is 7. The van der Waals surface area contributed by atoms with Crippen LogP contribution >= 0.6 is 0 Å². The van der Waals surface area contributed by atoms with Crippen LogP contribution in [0.2, 0.25) is 0 Å². The van der Waals surface area contributed by atoms with E-state index in [1.165, 1.54) is 24.1 Å². The molecule has 1 atom stereocenters. The van der Waals surface area contributed by atoms with Crippen LogP contribution in [0.3, 0.4) is 0 Å². The van der Waals surface area contributed by atoms with Crippen molar-refractivity contribution in [3.05, 3.63) is 60.7 Å². The molecule has 2 amide bonds. The molecule has 1 fully saturated rings. The molecular formula is C27H26FN5O5. The normalized spacial score (nSPS) is 15.3. The molecule has 0 unspecified atom stereocenters. The van der Waals surface area contributed by atoms with Crippen LogP contribution in [0.4, 0.5) is 4.39 Å². The number of rotatable bonds is 6. The molecule has 196 valence electrons. The summed E-state index contributed by atoms with van der Waals surface area (Å²) in [6.07, 6.45) is 4.77. The van der Waals surface area contributed by atoms with Gasteiger partial charge in [0, 0.05) is 24.8 Å². The summed E-state index contributed by atoms with van der Waals surface area (Å²) < 4.78 is 32.7. The minimum absolute atomic E-state index is 0.0492. The molecule has 38 heavy (non-hydrogen) atoms. The Morgan fingerprint density at radius 3 is 2.47 bits per heavy atom. The Bertz CT molecular complexity index is 1500. The van der Waals surface area contributed by atoms with Crippen LogP contribution in [0.5, 0.6) is 23.0 Å². The third-order valence-electron chi connectivity index (χ3n) is 6.54. The van der Waals surface area contributed by atoms with Gasteiger partial charge in [0.05, 0.1) is 31.8 Å². The minimum atomic E-state index is -0.977. The molecule has 1 aliphatic heterocycles. The van der Waals surface area contributed by atoms with Gasteiger partial charge in [-0.15, -0.1) is 0 Å². The fourth-order valence-electron chi connectivity index (χ4n) is 4.71. The summed E-state index contributed by atoms with van der Waals surface area (Å²) in [6.45, 7) is 0.751. The van der Waals surface area contributed by atoms with Gasteiger partial charge in [-0.1, -0.05) is 6.07 Å². The molecule has 2 aromatic carbocycles. The molecule has 3 heterocycles. The standard InChI is InChI=1S/C27H26FN5O5/c1-36-20-6-3-7-21(23(20)28)38-18-10-8-16(9-11-18)24-19-13-30-14-22(37-2)25(19)33(31-24)17-5-4-12-32(15-17)27(35)26(29)34/h3,6-11,13-14,17H,4-5,12,15H2,1-2H3,(H2,29,34)/t17-/m1/s1. The van der Waals surface area contributed by atoms with Gasteiger partial charge in [-0.3, -0.25) is 19.3 Å². The second-order valence-corrected chi connectivity index (χ2v) is 8.84. The Hall–Kier alpha value is -4.67. The zero-order chi connectivity index (χ0) is 26.8. The minimum Gasteiger partial charge on any atom is -0.494 e. The van der Waals surface area contributed by atoms with Crippen LogP contribution in [0, 0.1) is 5.82 Å². The lowest BCUT2D eigenvalue weighted by Gasteiger charge is -2.32. The average Bonchev–Trinajstić information content (AvgIpc) is 3.34. The fourth-order valence-corrected chi connectivity index (χ4v) is 4.71. The number of nitrogens with two attached hydrogens (primary N) is 1. The van der Waals surface area contributed by atoms with Crippen molar-refractivity contribution in [3.8, 4) is 34.3 Å². The summed E-state index contributed by atoms with van der Waals surface area (Å²) in [7, 11) is 2.95. The molecule has 0 radical (unpaired) electrons. The number of piperidine rings is 1. The van der Waals surface area contributed by atoms with E-state index in [0.29, 0.717) is 36.7 Å². The number of hydrogen-bond donors (Lipinski definition) is 1. The molecule has 5 rings (SSSR count). The Morgan fingerprint density at radius 2 is 1.76 bits per heavy atom. The highest BCUT2D eigenvalue weighted by Gasteiger charge is 2.30. The third kappa shape index (κ3) is 4.58. The quantitative estimate of drug-likeness (QED) is 0.386. The Kier molecular flexibility index (Phi) is 6.82. The monoisotopic (exact) mass is 519 g/mol. The molecule has 0 saturated carbocycles. The number of methoxy groups -OCH3 is 2. The highest BCUT2D eigenvalue weighted by Crippen LogP contribution is 2.37. The maximum Gasteiger partial charge on any atom is 0.311 e. The van der Waals surface area contributed by atoms with E-state index < -0.39 is 17.6 Å². The summed E-state index contributed by atoms with van der Waals surface area (Å²) in [5.74, 6) is -1.15. The molecule has 0 bridgehead atoms. The van der Waals surface area contributed by atoms with E-state index in [9.17, 15) is 14.0 Å². The highest BCUT2D eigenvalue weighted by atomic mass is 19.1. The predicted molar refractivity (Wildman–Crippen MR) is 137 cm³/mol. The number of fused-ring (bicyclic) bond motifs is 1. The van der Waals surface area contributed by atoms with Crippen molar-refractivity contribution in [1.29, 1.82) is 0 Å². The van der Waals surface area contributed by atoms with Gasteiger partial charge in [0.25, 0.3) is 0 Å². The number of carbonyl (C=O) groups excluding carboxylic acids is 2. The van der Waals surface area contributed by atoms with E-state index in [-0.39, 0.29) is 17.5 Å². The SMILES string of the molecule is COc1cccc(Oc2ccc(-c3nn([C@@H]4CCCN(C(=O)C(N)=O)C4)c4c(OC)cncc34)cc2)c1F. The van der Waals surface area contributed by atoms with Gasteiger partial charge in [0.1, 0.15) is 17.0 Å². The summed E-state index contributed by atoms with van der Waals surface area (Å²) in [5, 5.41) is 5.67. The van der Waals surface area contributed by atoms with E-state index in [0.717, 1.165) is 22.9 Å². The number of benzene rings is 2. The average molecular weight is 520 g/mol. The second kappa shape index (κ2) is 10.4. The number of ether oxygens (including phenoxy) is 3. The first-order valence-electron chi connectivity index (χ1n) is 12.0. The lowest BCUT2D eigenvalue weighted by atomic mass is 10.1. The second-order valence-electron chi connectivity index (χ2n) is 8.84. The van der Waals surface area contributed by atoms with Gasteiger partial charge >= 0.3 is 11.8 Å². The van der Waals surface area contributed by atoms with Gasteiger partial charge in [-0.2, -0.15) is 9.49 Å². The molecule has 1 saturated heterocycles. The number of primary amides is 1. The number of aromatic nitrogens is 3. The van der Waals surface area contributed by atoms with Crippen molar-refractivity contribution in [2.24, 2.45) is 5.73 Å². The van der Waals surface area contributed by atoms with E-state index in [1.54, 1.807) is 37.7 Å². The Balaban J connectivity index is 1.50. The van der Waals surface area contributed by atoms with E-state index in [1.807, 2.05) is 16.8 Å². The van der Waals surface area contributed by atoms with Crippen LogP contribution in [0.15, 0.2) is 54.9 Å². The van der Waals surface area contributed by atoms with Gasteiger partial charge in [-0.25, -0.2) is 0 Å². The lowest BCUT2D eigenvalue weighted by Crippen LogP contribution is -2.46. The van der Waals surface area contributed by atoms with Crippen molar-refractivity contribution >= 4 is 22.7 Å². The number of carbonyl (C=O) groups is 2. The zero-order valence-corrected chi connectivity index (χ0v) is 20.9. The molecular weight excluding hydrogens is 493 g/mol. The zero-order valence-electron chi connectivity index (χ0n) is 20.9. The summed E-state index contributed by atoms with van der Waals surface area (Å²) >= 11 is 0. The topological polar surface area (TPSA) is 122 Å². The molecule has 0 aliphatic carbocycles. The first-order valence-corrected chi connectivity index (χ1v) is 12.0. The first-order chi connectivity index (χ1) is 18.4. The molecule has 10 nitrogen and oxygen atoms in total. The molecule has 0 spiro atoms. The van der Waals surface area contributed by atoms with Gasteiger partial charge < -0.3 is 24.8 Å². The number of likely N-dealkylation sites (tertiary alicyclic amines) is 1. The number of nitrogens with zero attached hydrogens (tertiary/aromatic N) is 4. The van der Waals surface area contributed by atoms with E-state index in [4.69, 9.17) is 25.0 Å². The lowest BCUT2D eigenvalue weighted by molar-refractivity contribution is -0.145. The third-order valence-corrected chi connectivity index (χ3v) is 6.54. The Labute approximate surface area is 217 Å². The van der Waals surface area contributed by atoms with Gasteiger partial charge in [0.2, 0.25) is 5.82 Å². The number of amides is 2. The molecule has 2 N–H and O–H groups in total. The largest absolute Gasteiger partial charge is 0.494 e. The van der Waals surface area contributed by atoms with Crippen molar-refractivity contribution in [2.45, 2.75) is 18.9 Å². The van der Waals surface area contributed by atoms with Gasteiger partial charge in [0.15, 0.2) is 17.2 Å².